The molecule has 0 spiro atoms. The summed E-state index contributed by atoms with van der Waals surface area (Å²) in [4.78, 5) is 0.563. The molecule has 0 saturated carbocycles. The molecule has 0 heterocycles. The Kier molecular flexibility index (Phi) is 4.47. The van der Waals surface area contributed by atoms with Gasteiger partial charge in [0, 0.05) is 16.1 Å². The van der Waals surface area contributed by atoms with Crippen LogP contribution in [0.3, 0.4) is 0 Å². The van der Waals surface area contributed by atoms with Crippen LogP contribution >= 0.6 is 23.8 Å². The zero-order valence-corrected chi connectivity index (χ0v) is 13.2. The monoisotopic (exact) mass is 324 g/mol. The molecule has 2 nitrogen and oxygen atoms in total. The summed E-state index contributed by atoms with van der Waals surface area (Å²) in [5.41, 5.74) is 4.82. The molecule has 0 amide bonds. The predicted molar refractivity (Wildman–Crippen MR) is 97.8 cm³/mol. The van der Waals surface area contributed by atoms with Crippen LogP contribution in [-0.4, -0.2) is 11.2 Å². The normalized spacial score (nSPS) is 11.0. The molecular formula is C18H13ClN2S. The quantitative estimate of drug-likeness (QED) is 0.425. The summed E-state index contributed by atoms with van der Waals surface area (Å²) in [5.74, 6) is 0. The van der Waals surface area contributed by atoms with E-state index in [1.54, 1.807) is 18.3 Å². The summed E-state index contributed by atoms with van der Waals surface area (Å²) in [6.45, 7) is 0. The fourth-order valence-electron chi connectivity index (χ4n) is 2.19. The number of nitrogens with zero attached hydrogens (tertiary/aromatic N) is 1. The first-order valence-corrected chi connectivity index (χ1v) is 7.59. The molecule has 0 aliphatic rings. The molecule has 108 valence electrons. The van der Waals surface area contributed by atoms with E-state index in [9.17, 15) is 0 Å². The summed E-state index contributed by atoms with van der Waals surface area (Å²) >= 11 is 11.2. The van der Waals surface area contributed by atoms with E-state index in [2.05, 4.69) is 28.7 Å². The Morgan fingerprint density at radius 3 is 2.50 bits per heavy atom. The minimum absolute atomic E-state index is 0.563. The van der Waals surface area contributed by atoms with Crippen molar-refractivity contribution in [2.24, 2.45) is 5.10 Å². The van der Waals surface area contributed by atoms with E-state index in [-0.39, 0.29) is 0 Å². The van der Waals surface area contributed by atoms with Gasteiger partial charge in [-0.15, -0.1) is 0 Å². The number of halogens is 1. The first kappa shape index (κ1) is 14.7. The van der Waals surface area contributed by atoms with Crippen LogP contribution in [0, 0.1) is 0 Å². The van der Waals surface area contributed by atoms with Crippen LogP contribution in [0.15, 0.2) is 71.8 Å². The minimum Gasteiger partial charge on any atom is -0.267 e. The second-order valence-corrected chi connectivity index (χ2v) is 5.62. The number of nitrogens with one attached hydrogen (secondary N) is 1. The zero-order valence-electron chi connectivity index (χ0n) is 11.7. The third kappa shape index (κ3) is 3.32. The lowest BCUT2D eigenvalue weighted by atomic mass is 10.1. The van der Waals surface area contributed by atoms with Crippen molar-refractivity contribution in [2.75, 3.05) is 0 Å². The Labute approximate surface area is 139 Å². The van der Waals surface area contributed by atoms with Crippen LogP contribution in [0.1, 0.15) is 11.1 Å². The number of benzene rings is 3. The van der Waals surface area contributed by atoms with Crippen molar-refractivity contribution in [3.63, 3.8) is 0 Å². The fourth-order valence-corrected chi connectivity index (χ4v) is 2.50. The van der Waals surface area contributed by atoms with Crippen LogP contribution < -0.4 is 5.43 Å². The van der Waals surface area contributed by atoms with Gasteiger partial charge >= 0.3 is 0 Å². The van der Waals surface area contributed by atoms with Gasteiger partial charge in [-0.25, -0.2) is 0 Å². The van der Waals surface area contributed by atoms with Gasteiger partial charge in [-0.2, -0.15) is 5.10 Å². The van der Waals surface area contributed by atoms with E-state index in [0.717, 1.165) is 16.5 Å². The SMILES string of the molecule is S=C(N/N=C\c1cccc2ccccc12)c1ccc(Cl)cc1. The summed E-state index contributed by atoms with van der Waals surface area (Å²) < 4.78 is 0. The Hall–Kier alpha value is -2.23. The van der Waals surface area contributed by atoms with Gasteiger partial charge in [0.15, 0.2) is 0 Å². The third-order valence-electron chi connectivity index (χ3n) is 3.30. The van der Waals surface area contributed by atoms with Gasteiger partial charge in [0.05, 0.1) is 6.21 Å². The van der Waals surface area contributed by atoms with Crippen molar-refractivity contribution >= 4 is 45.8 Å². The minimum atomic E-state index is 0.563. The highest BCUT2D eigenvalue weighted by atomic mass is 35.5. The number of hydrogen-bond acceptors (Lipinski definition) is 2. The molecule has 3 aromatic carbocycles. The molecule has 4 heteroatoms. The Morgan fingerprint density at radius 2 is 1.68 bits per heavy atom. The van der Waals surface area contributed by atoms with Crippen molar-refractivity contribution in [3.05, 3.63) is 82.9 Å². The lowest BCUT2D eigenvalue weighted by molar-refractivity contribution is 1.06. The smallest absolute Gasteiger partial charge is 0.126 e. The van der Waals surface area contributed by atoms with Gasteiger partial charge in [0.1, 0.15) is 4.99 Å². The largest absolute Gasteiger partial charge is 0.267 e. The van der Waals surface area contributed by atoms with Gasteiger partial charge in [-0.3, -0.25) is 5.43 Å². The molecule has 1 N–H and O–H groups in total. The summed E-state index contributed by atoms with van der Waals surface area (Å²) in [5, 5.41) is 7.27. The fraction of sp³-hybridized carbons (Fsp3) is 0. The average molecular weight is 325 g/mol. The first-order valence-electron chi connectivity index (χ1n) is 6.81. The zero-order chi connectivity index (χ0) is 15.4. The van der Waals surface area contributed by atoms with Gasteiger partial charge in [0.2, 0.25) is 0 Å². The molecule has 0 radical (unpaired) electrons. The number of hydrazone groups is 1. The molecule has 3 aromatic rings. The second-order valence-electron chi connectivity index (χ2n) is 4.77. The number of hydrogen-bond donors (Lipinski definition) is 1. The molecule has 0 fully saturated rings. The molecule has 22 heavy (non-hydrogen) atoms. The summed E-state index contributed by atoms with van der Waals surface area (Å²) in [6, 6.07) is 21.7. The van der Waals surface area contributed by atoms with E-state index in [1.165, 1.54) is 5.39 Å². The molecule has 0 unspecified atom stereocenters. The van der Waals surface area contributed by atoms with Crippen molar-refractivity contribution in [2.45, 2.75) is 0 Å². The average Bonchev–Trinajstić information content (AvgIpc) is 2.55. The van der Waals surface area contributed by atoms with Crippen LogP contribution in [0.2, 0.25) is 5.02 Å². The number of fused-ring (bicyclic) bond motifs is 1. The van der Waals surface area contributed by atoms with Crippen molar-refractivity contribution < 1.29 is 0 Å². The predicted octanol–water partition coefficient (Wildman–Crippen LogP) is 4.79. The maximum Gasteiger partial charge on any atom is 0.126 e. The molecule has 0 aliphatic heterocycles. The van der Waals surface area contributed by atoms with Gasteiger partial charge in [-0.05, 0) is 22.9 Å². The van der Waals surface area contributed by atoms with E-state index in [4.69, 9.17) is 23.8 Å². The van der Waals surface area contributed by atoms with E-state index in [0.29, 0.717) is 10.0 Å². The van der Waals surface area contributed by atoms with Crippen molar-refractivity contribution in [3.8, 4) is 0 Å². The first-order chi connectivity index (χ1) is 10.7. The lowest BCUT2D eigenvalue weighted by Gasteiger charge is -2.04. The Bertz CT molecular complexity index is 836. The molecule has 0 aromatic heterocycles. The highest BCUT2D eigenvalue weighted by Gasteiger charge is 2.00. The molecule has 0 saturated heterocycles. The lowest BCUT2D eigenvalue weighted by Crippen LogP contribution is -2.16. The van der Waals surface area contributed by atoms with Crippen LogP contribution in [0.4, 0.5) is 0 Å². The molecular weight excluding hydrogens is 312 g/mol. The molecule has 0 aliphatic carbocycles. The van der Waals surface area contributed by atoms with Crippen LogP contribution in [-0.2, 0) is 0 Å². The van der Waals surface area contributed by atoms with Crippen molar-refractivity contribution in [1.82, 2.24) is 5.43 Å². The van der Waals surface area contributed by atoms with E-state index in [1.807, 2.05) is 36.4 Å². The van der Waals surface area contributed by atoms with Crippen LogP contribution in [0.25, 0.3) is 10.8 Å². The van der Waals surface area contributed by atoms with E-state index >= 15 is 0 Å². The van der Waals surface area contributed by atoms with Crippen LogP contribution in [0.5, 0.6) is 0 Å². The highest BCUT2D eigenvalue weighted by molar-refractivity contribution is 7.80. The molecule has 0 bridgehead atoms. The maximum atomic E-state index is 5.86. The van der Waals surface area contributed by atoms with E-state index < -0.39 is 0 Å². The van der Waals surface area contributed by atoms with Gasteiger partial charge in [0.25, 0.3) is 0 Å². The standard InChI is InChI=1S/C18H13ClN2S/c19-16-10-8-14(9-11-16)18(22)21-20-12-15-6-3-5-13-4-1-2-7-17(13)15/h1-12H,(H,21,22)/b20-12-. The maximum absolute atomic E-state index is 5.86. The second kappa shape index (κ2) is 6.69. The molecule has 0 atom stereocenters. The Balaban J connectivity index is 1.76. The Morgan fingerprint density at radius 1 is 0.955 bits per heavy atom. The highest BCUT2D eigenvalue weighted by Crippen LogP contribution is 2.16. The topological polar surface area (TPSA) is 24.4 Å². The number of thiocarbonyl (C=S) groups is 1. The van der Waals surface area contributed by atoms with Gasteiger partial charge < -0.3 is 0 Å². The van der Waals surface area contributed by atoms with Gasteiger partial charge in [-0.1, -0.05) is 78.4 Å². The van der Waals surface area contributed by atoms with Crippen molar-refractivity contribution in [1.29, 1.82) is 0 Å². The summed E-state index contributed by atoms with van der Waals surface area (Å²) in [6.07, 6.45) is 1.78. The third-order valence-corrected chi connectivity index (χ3v) is 3.88. The molecule has 3 rings (SSSR count). The number of rotatable bonds is 3. The summed E-state index contributed by atoms with van der Waals surface area (Å²) in [7, 11) is 0.